The molecule has 0 saturated carbocycles. The summed E-state index contributed by atoms with van der Waals surface area (Å²) in [7, 11) is 0. The Kier molecular flexibility index (Phi) is 5.10. The highest BCUT2D eigenvalue weighted by Crippen LogP contribution is 2.20. The minimum atomic E-state index is 0.121. The molecule has 19 heavy (non-hydrogen) atoms. The normalized spacial score (nSPS) is 12.5. The van der Waals surface area contributed by atoms with Crippen molar-refractivity contribution < 1.29 is 0 Å². The van der Waals surface area contributed by atoms with Crippen LogP contribution in [0.2, 0.25) is 0 Å². The average molecular weight is 258 g/mol. The van der Waals surface area contributed by atoms with Gasteiger partial charge in [0.25, 0.3) is 0 Å². The Balaban J connectivity index is 2.29. The summed E-state index contributed by atoms with van der Waals surface area (Å²) < 4.78 is 2.07. The molecular formula is C15H22N4. The molecule has 0 spiro atoms. The second kappa shape index (κ2) is 7.04. The quantitative estimate of drug-likeness (QED) is 0.830. The maximum absolute atomic E-state index is 4.49. The van der Waals surface area contributed by atoms with Crippen LogP contribution in [-0.4, -0.2) is 21.3 Å². The van der Waals surface area contributed by atoms with Crippen LogP contribution in [0.25, 0.3) is 0 Å². The molecule has 102 valence electrons. The van der Waals surface area contributed by atoms with Gasteiger partial charge in [-0.15, -0.1) is 0 Å². The van der Waals surface area contributed by atoms with E-state index in [1.807, 2.05) is 24.5 Å². The van der Waals surface area contributed by atoms with Crippen molar-refractivity contribution in [1.82, 2.24) is 20.1 Å². The Morgan fingerprint density at radius 2 is 2.05 bits per heavy atom. The van der Waals surface area contributed by atoms with E-state index in [1.165, 1.54) is 5.69 Å². The summed E-state index contributed by atoms with van der Waals surface area (Å²) in [6.07, 6.45) is 5.90. The van der Waals surface area contributed by atoms with Crippen molar-refractivity contribution in [3.63, 3.8) is 0 Å². The minimum absolute atomic E-state index is 0.121. The van der Waals surface area contributed by atoms with E-state index >= 15 is 0 Å². The van der Waals surface area contributed by atoms with Crippen molar-refractivity contribution in [3.8, 4) is 0 Å². The summed E-state index contributed by atoms with van der Waals surface area (Å²) in [4.78, 5) is 4.49. The lowest BCUT2D eigenvalue weighted by molar-refractivity contribution is 0.505. The van der Waals surface area contributed by atoms with Gasteiger partial charge in [0.15, 0.2) is 0 Å². The molecule has 1 N–H and O–H groups in total. The molecule has 2 aromatic rings. The van der Waals surface area contributed by atoms with Crippen molar-refractivity contribution in [3.05, 3.63) is 48.0 Å². The number of aromatic nitrogens is 3. The Hall–Kier alpha value is -1.68. The monoisotopic (exact) mass is 258 g/mol. The standard InChI is InChI=1S/C15H22N4/c1-3-9-17-15(13-7-5-6-10-16-13)14-8-11-18-19(14)12-4-2/h5-8,10-11,15,17H,3-4,9,12H2,1-2H3. The van der Waals surface area contributed by atoms with Gasteiger partial charge < -0.3 is 5.32 Å². The molecule has 0 saturated heterocycles. The molecule has 0 bridgehead atoms. The zero-order valence-corrected chi connectivity index (χ0v) is 11.7. The molecule has 0 aromatic carbocycles. The molecule has 0 radical (unpaired) electrons. The van der Waals surface area contributed by atoms with Crippen LogP contribution in [-0.2, 0) is 6.54 Å². The predicted octanol–water partition coefficient (Wildman–Crippen LogP) is 2.78. The fraction of sp³-hybridized carbons (Fsp3) is 0.467. The Labute approximate surface area is 114 Å². The first-order valence-corrected chi connectivity index (χ1v) is 7.02. The first kappa shape index (κ1) is 13.7. The summed E-state index contributed by atoms with van der Waals surface area (Å²) in [5.41, 5.74) is 2.24. The van der Waals surface area contributed by atoms with Crippen LogP contribution in [0.5, 0.6) is 0 Å². The van der Waals surface area contributed by atoms with E-state index in [1.54, 1.807) is 0 Å². The molecule has 0 aliphatic rings. The number of hydrogen-bond donors (Lipinski definition) is 1. The number of aryl methyl sites for hydroxylation is 1. The van der Waals surface area contributed by atoms with E-state index in [4.69, 9.17) is 0 Å². The summed E-state index contributed by atoms with van der Waals surface area (Å²) in [5, 5.41) is 7.97. The summed E-state index contributed by atoms with van der Waals surface area (Å²) in [6, 6.07) is 8.25. The molecular weight excluding hydrogens is 236 g/mol. The van der Waals surface area contributed by atoms with Crippen molar-refractivity contribution in [2.45, 2.75) is 39.3 Å². The highest BCUT2D eigenvalue weighted by Gasteiger charge is 2.18. The Morgan fingerprint density at radius 1 is 1.16 bits per heavy atom. The summed E-state index contributed by atoms with van der Waals surface area (Å²) >= 11 is 0. The summed E-state index contributed by atoms with van der Waals surface area (Å²) in [5.74, 6) is 0. The molecule has 0 fully saturated rings. The van der Waals surface area contributed by atoms with Crippen molar-refractivity contribution in [2.24, 2.45) is 0 Å². The first-order valence-electron chi connectivity index (χ1n) is 7.02. The van der Waals surface area contributed by atoms with Crippen LogP contribution < -0.4 is 5.32 Å². The number of nitrogens with one attached hydrogen (secondary N) is 1. The lowest BCUT2D eigenvalue weighted by Crippen LogP contribution is -2.26. The van der Waals surface area contributed by atoms with E-state index in [2.05, 4.69) is 46.1 Å². The third kappa shape index (κ3) is 3.41. The zero-order chi connectivity index (χ0) is 13.5. The largest absolute Gasteiger partial charge is 0.304 e. The van der Waals surface area contributed by atoms with Crippen molar-refractivity contribution >= 4 is 0 Å². The van der Waals surface area contributed by atoms with Crippen molar-refractivity contribution in [2.75, 3.05) is 6.54 Å². The third-order valence-corrected chi connectivity index (χ3v) is 3.06. The van der Waals surface area contributed by atoms with Gasteiger partial charge in [-0.05, 0) is 37.6 Å². The van der Waals surface area contributed by atoms with Gasteiger partial charge in [0.05, 0.1) is 17.4 Å². The number of hydrogen-bond acceptors (Lipinski definition) is 3. The van der Waals surface area contributed by atoms with Crippen LogP contribution in [0, 0.1) is 0 Å². The summed E-state index contributed by atoms with van der Waals surface area (Å²) in [6.45, 7) is 6.25. The third-order valence-electron chi connectivity index (χ3n) is 3.06. The lowest BCUT2D eigenvalue weighted by Gasteiger charge is -2.19. The van der Waals surface area contributed by atoms with Crippen LogP contribution >= 0.6 is 0 Å². The van der Waals surface area contributed by atoms with Gasteiger partial charge in [-0.2, -0.15) is 5.10 Å². The van der Waals surface area contributed by atoms with E-state index < -0.39 is 0 Å². The number of nitrogens with zero attached hydrogens (tertiary/aromatic N) is 3. The average Bonchev–Trinajstić information content (AvgIpc) is 2.89. The smallest absolute Gasteiger partial charge is 0.0921 e. The number of pyridine rings is 1. The topological polar surface area (TPSA) is 42.7 Å². The molecule has 4 heteroatoms. The highest BCUT2D eigenvalue weighted by molar-refractivity contribution is 5.21. The first-order chi connectivity index (χ1) is 9.36. The molecule has 4 nitrogen and oxygen atoms in total. The fourth-order valence-electron chi connectivity index (χ4n) is 2.18. The Morgan fingerprint density at radius 3 is 2.74 bits per heavy atom. The SMILES string of the molecule is CCCNC(c1ccccn1)c1ccnn1CCC. The maximum atomic E-state index is 4.49. The molecule has 2 rings (SSSR count). The van der Waals surface area contributed by atoms with Crippen LogP contribution in [0.4, 0.5) is 0 Å². The van der Waals surface area contributed by atoms with Gasteiger partial charge in [-0.3, -0.25) is 9.67 Å². The van der Waals surface area contributed by atoms with E-state index in [0.717, 1.165) is 31.6 Å². The van der Waals surface area contributed by atoms with Gasteiger partial charge in [0.1, 0.15) is 0 Å². The van der Waals surface area contributed by atoms with Gasteiger partial charge in [-0.1, -0.05) is 19.9 Å². The van der Waals surface area contributed by atoms with Crippen LogP contribution in [0.3, 0.4) is 0 Å². The van der Waals surface area contributed by atoms with Crippen molar-refractivity contribution in [1.29, 1.82) is 0 Å². The molecule has 0 aliphatic carbocycles. The second-order valence-corrected chi connectivity index (χ2v) is 4.62. The fourth-order valence-corrected chi connectivity index (χ4v) is 2.18. The lowest BCUT2D eigenvalue weighted by atomic mass is 10.1. The molecule has 0 aliphatic heterocycles. The minimum Gasteiger partial charge on any atom is -0.304 e. The van der Waals surface area contributed by atoms with Gasteiger partial charge in [0.2, 0.25) is 0 Å². The molecule has 0 amide bonds. The highest BCUT2D eigenvalue weighted by atomic mass is 15.3. The zero-order valence-electron chi connectivity index (χ0n) is 11.7. The Bertz CT molecular complexity index is 478. The van der Waals surface area contributed by atoms with E-state index in [9.17, 15) is 0 Å². The molecule has 2 heterocycles. The predicted molar refractivity (Wildman–Crippen MR) is 76.9 cm³/mol. The second-order valence-electron chi connectivity index (χ2n) is 4.62. The maximum Gasteiger partial charge on any atom is 0.0921 e. The van der Waals surface area contributed by atoms with Gasteiger partial charge >= 0.3 is 0 Å². The van der Waals surface area contributed by atoms with E-state index in [0.29, 0.717) is 0 Å². The van der Waals surface area contributed by atoms with Crippen LogP contribution in [0.15, 0.2) is 36.7 Å². The molecule has 2 aromatic heterocycles. The molecule has 1 unspecified atom stereocenters. The van der Waals surface area contributed by atoms with Crippen LogP contribution in [0.1, 0.15) is 44.1 Å². The number of rotatable bonds is 7. The van der Waals surface area contributed by atoms with E-state index in [-0.39, 0.29) is 6.04 Å². The van der Waals surface area contributed by atoms with Gasteiger partial charge in [0, 0.05) is 18.9 Å². The molecule has 1 atom stereocenters. The van der Waals surface area contributed by atoms with Gasteiger partial charge in [-0.25, -0.2) is 0 Å².